The molecule has 0 saturated heterocycles. The maximum absolute atomic E-state index is 11.7. The molecule has 0 fully saturated rings. The van der Waals surface area contributed by atoms with Crippen LogP contribution in [-0.4, -0.2) is 73.4 Å². The highest BCUT2D eigenvalue weighted by Gasteiger charge is 2.14. The number of aliphatic hydroxyl groups is 1. The second kappa shape index (κ2) is 6.68. The average Bonchev–Trinajstić information content (AvgIpc) is 2.26. The van der Waals surface area contributed by atoms with Crippen LogP contribution >= 0.6 is 0 Å². The fourth-order valence-electron chi connectivity index (χ4n) is 1.01. The number of amides is 2. The molecule has 0 bridgehead atoms. The highest BCUT2D eigenvalue weighted by Crippen LogP contribution is 2.01. The van der Waals surface area contributed by atoms with Crippen LogP contribution in [0.2, 0.25) is 0 Å². The molecule has 2 amide bonds. The Labute approximate surface area is 108 Å². The topological polar surface area (TPSA) is 64.1 Å². The van der Waals surface area contributed by atoms with Gasteiger partial charge in [0, 0.05) is 40.9 Å². The van der Waals surface area contributed by atoms with Crippen molar-refractivity contribution < 1.29 is 14.7 Å². The monoisotopic (exact) mass is 255 g/mol. The van der Waals surface area contributed by atoms with E-state index in [4.69, 9.17) is 0 Å². The lowest BCUT2D eigenvalue weighted by Gasteiger charge is -2.22. The molecule has 0 atom stereocenters. The zero-order valence-corrected chi connectivity index (χ0v) is 11.6. The molecule has 0 saturated carbocycles. The Kier molecular flexibility index (Phi) is 5.95. The van der Waals surface area contributed by atoms with Gasteiger partial charge in [0.05, 0.1) is 12.6 Å². The number of carbonyl (C=O) groups excluding carboxylic acids is 2. The number of hydrogen-bond acceptors (Lipinski definition) is 4. The molecule has 6 nitrogen and oxygen atoms in total. The lowest BCUT2D eigenvalue weighted by atomic mass is 10.3. The van der Waals surface area contributed by atoms with Gasteiger partial charge >= 0.3 is 0 Å². The first-order valence-electron chi connectivity index (χ1n) is 5.39. The molecule has 0 aromatic heterocycles. The second-order valence-corrected chi connectivity index (χ2v) is 4.38. The molecule has 0 aromatic carbocycles. The van der Waals surface area contributed by atoms with E-state index >= 15 is 0 Å². The van der Waals surface area contributed by atoms with E-state index < -0.39 is 17.6 Å². The van der Waals surface area contributed by atoms with Gasteiger partial charge < -0.3 is 19.8 Å². The summed E-state index contributed by atoms with van der Waals surface area (Å²) in [5, 5.41) is 9.44. The number of hydrogen-bond donors (Lipinski definition) is 1. The number of likely N-dealkylation sites (N-methyl/N-ethyl adjacent to an activating group) is 3. The predicted molar refractivity (Wildman–Crippen MR) is 69.9 cm³/mol. The van der Waals surface area contributed by atoms with E-state index in [2.05, 4.69) is 6.58 Å². The van der Waals surface area contributed by atoms with Gasteiger partial charge in [0.25, 0.3) is 11.8 Å². The van der Waals surface area contributed by atoms with Crippen molar-refractivity contribution in [3.63, 3.8) is 0 Å². The molecule has 0 aliphatic rings. The largest absolute Gasteiger partial charge is 0.503 e. The SMILES string of the molecule is C=C(CN(C)C(=O)/C=C(\O)C(=O)N(C)C)N(C)C. The Morgan fingerprint density at radius 2 is 1.61 bits per heavy atom. The fourth-order valence-corrected chi connectivity index (χ4v) is 1.01. The number of carbonyl (C=O) groups is 2. The van der Waals surface area contributed by atoms with Gasteiger partial charge in [-0.05, 0) is 0 Å². The normalized spacial score (nSPS) is 10.8. The molecule has 18 heavy (non-hydrogen) atoms. The predicted octanol–water partition coefficient (Wildman–Crippen LogP) is 0.0502. The quantitative estimate of drug-likeness (QED) is 0.557. The van der Waals surface area contributed by atoms with Gasteiger partial charge in [-0.15, -0.1) is 0 Å². The van der Waals surface area contributed by atoms with Gasteiger partial charge in [-0.2, -0.15) is 0 Å². The lowest BCUT2D eigenvalue weighted by molar-refractivity contribution is -0.129. The van der Waals surface area contributed by atoms with Gasteiger partial charge in [0.1, 0.15) is 0 Å². The van der Waals surface area contributed by atoms with Crippen LogP contribution in [0.3, 0.4) is 0 Å². The number of nitrogens with zero attached hydrogens (tertiary/aromatic N) is 3. The molecule has 0 heterocycles. The Morgan fingerprint density at radius 3 is 2.00 bits per heavy atom. The minimum atomic E-state index is -0.608. The first-order valence-corrected chi connectivity index (χ1v) is 5.39. The Balaban J connectivity index is 4.62. The molecular weight excluding hydrogens is 234 g/mol. The van der Waals surface area contributed by atoms with Crippen LogP contribution in [0.25, 0.3) is 0 Å². The van der Waals surface area contributed by atoms with Gasteiger partial charge in [-0.3, -0.25) is 9.59 Å². The molecule has 0 spiro atoms. The maximum Gasteiger partial charge on any atom is 0.288 e. The van der Waals surface area contributed by atoms with Crippen LogP contribution in [0.4, 0.5) is 0 Å². The second-order valence-electron chi connectivity index (χ2n) is 4.38. The highest BCUT2D eigenvalue weighted by molar-refractivity contribution is 5.98. The summed E-state index contributed by atoms with van der Waals surface area (Å²) in [4.78, 5) is 27.4. The van der Waals surface area contributed by atoms with Crippen LogP contribution in [-0.2, 0) is 9.59 Å². The minimum Gasteiger partial charge on any atom is -0.503 e. The van der Waals surface area contributed by atoms with Crippen molar-refractivity contribution in [3.8, 4) is 0 Å². The van der Waals surface area contributed by atoms with Crippen molar-refractivity contribution in [2.75, 3.05) is 41.8 Å². The summed E-state index contributed by atoms with van der Waals surface area (Å²) in [6.07, 6.45) is 0.908. The van der Waals surface area contributed by atoms with E-state index in [1.54, 1.807) is 11.9 Å². The highest BCUT2D eigenvalue weighted by atomic mass is 16.3. The van der Waals surface area contributed by atoms with E-state index in [1.165, 1.54) is 23.9 Å². The molecular formula is C12H21N3O3. The average molecular weight is 255 g/mol. The molecule has 0 aliphatic carbocycles. The van der Waals surface area contributed by atoms with Gasteiger partial charge in [-0.25, -0.2) is 0 Å². The molecule has 1 N–H and O–H groups in total. The fraction of sp³-hybridized carbons (Fsp3) is 0.500. The van der Waals surface area contributed by atoms with E-state index in [1.807, 2.05) is 14.1 Å². The van der Waals surface area contributed by atoms with E-state index in [0.717, 1.165) is 11.8 Å². The maximum atomic E-state index is 11.7. The summed E-state index contributed by atoms with van der Waals surface area (Å²) in [6.45, 7) is 4.12. The van der Waals surface area contributed by atoms with Gasteiger partial charge in [0.15, 0.2) is 5.76 Å². The first-order chi connectivity index (χ1) is 8.16. The first kappa shape index (κ1) is 16.0. The van der Waals surface area contributed by atoms with Crippen LogP contribution in [0.5, 0.6) is 0 Å². The van der Waals surface area contributed by atoms with Gasteiger partial charge in [0.2, 0.25) is 0 Å². The summed E-state index contributed by atoms with van der Waals surface area (Å²) in [5.41, 5.74) is 0.748. The van der Waals surface area contributed by atoms with E-state index in [0.29, 0.717) is 6.54 Å². The van der Waals surface area contributed by atoms with Crippen molar-refractivity contribution in [2.45, 2.75) is 0 Å². The molecule has 0 aliphatic heterocycles. The van der Waals surface area contributed by atoms with Crippen molar-refractivity contribution in [1.82, 2.24) is 14.7 Å². The summed E-state index contributed by atoms with van der Waals surface area (Å²) in [6, 6.07) is 0. The molecule has 0 unspecified atom stereocenters. The lowest BCUT2D eigenvalue weighted by Crippen LogP contribution is -2.32. The summed E-state index contributed by atoms with van der Waals surface area (Å²) in [5.74, 6) is -1.64. The zero-order chi connectivity index (χ0) is 14.5. The molecule has 0 radical (unpaired) electrons. The third-order valence-electron chi connectivity index (χ3n) is 2.31. The summed E-state index contributed by atoms with van der Waals surface area (Å²) in [7, 11) is 8.21. The third-order valence-corrected chi connectivity index (χ3v) is 2.31. The number of aliphatic hydroxyl groups excluding tert-OH is 1. The van der Waals surface area contributed by atoms with Crippen molar-refractivity contribution in [2.24, 2.45) is 0 Å². The molecule has 6 heteroatoms. The van der Waals surface area contributed by atoms with Gasteiger partial charge in [-0.1, -0.05) is 6.58 Å². The Hall–Kier alpha value is -1.98. The Bertz CT molecular complexity index is 373. The summed E-state index contributed by atoms with van der Waals surface area (Å²) < 4.78 is 0. The standard InChI is InChI=1S/C12H21N3O3/c1-9(13(2)3)8-15(6)11(17)7-10(16)12(18)14(4)5/h7,16H,1,8H2,2-6H3/b10-7-. The van der Waals surface area contributed by atoms with Crippen molar-refractivity contribution in [1.29, 1.82) is 0 Å². The number of rotatable bonds is 5. The van der Waals surface area contributed by atoms with E-state index in [-0.39, 0.29) is 0 Å². The van der Waals surface area contributed by atoms with Crippen LogP contribution in [0, 0.1) is 0 Å². The Morgan fingerprint density at radius 1 is 1.11 bits per heavy atom. The van der Waals surface area contributed by atoms with E-state index in [9.17, 15) is 14.7 Å². The minimum absolute atomic E-state index is 0.325. The molecule has 102 valence electrons. The van der Waals surface area contributed by atoms with Crippen LogP contribution in [0.15, 0.2) is 24.1 Å². The van der Waals surface area contributed by atoms with Crippen LogP contribution < -0.4 is 0 Å². The molecule has 0 aromatic rings. The third kappa shape index (κ3) is 4.90. The smallest absolute Gasteiger partial charge is 0.288 e. The van der Waals surface area contributed by atoms with Crippen LogP contribution in [0.1, 0.15) is 0 Å². The van der Waals surface area contributed by atoms with Crippen molar-refractivity contribution in [3.05, 3.63) is 24.1 Å². The summed E-state index contributed by atoms with van der Waals surface area (Å²) >= 11 is 0. The zero-order valence-electron chi connectivity index (χ0n) is 11.6. The molecule has 0 rings (SSSR count). The van der Waals surface area contributed by atoms with Crippen molar-refractivity contribution >= 4 is 11.8 Å².